The molecule has 1 atom stereocenters. The average molecular weight is 338 g/mol. The molecule has 108 valence electrons. The second-order valence-corrected chi connectivity index (χ2v) is 6.53. The van der Waals surface area contributed by atoms with Crippen LogP contribution in [0.15, 0.2) is 22.7 Å². The molecule has 4 nitrogen and oxygen atoms in total. The molecular formula is C15H20BrN3O. The van der Waals surface area contributed by atoms with Crippen LogP contribution in [-0.2, 0) is 4.79 Å². The molecule has 2 heterocycles. The van der Waals surface area contributed by atoms with Gasteiger partial charge in [-0.15, -0.1) is 0 Å². The summed E-state index contributed by atoms with van der Waals surface area (Å²) in [7, 11) is 1.97. The first kappa shape index (κ1) is 13.9. The molecule has 2 aliphatic heterocycles. The zero-order valence-corrected chi connectivity index (χ0v) is 13.3. The number of carbonyl (C=O) groups excluding carboxylic acids is 1. The van der Waals surface area contributed by atoms with E-state index in [1.807, 2.05) is 29.0 Å². The number of nitrogens with zero attached hydrogens (tertiary/aromatic N) is 2. The molecule has 1 N–H and O–H groups in total. The third kappa shape index (κ3) is 2.69. The van der Waals surface area contributed by atoms with Crippen molar-refractivity contribution in [3.05, 3.63) is 22.7 Å². The Morgan fingerprint density at radius 3 is 3.00 bits per heavy atom. The fourth-order valence-corrected chi connectivity index (χ4v) is 3.43. The summed E-state index contributed by atoms with van der Waals surface area (Å²) >= 11 is 3.51. The maximum Gasteiger partial charge on any atom is 0.246 e. The van der Waals surface area contributed by atoms with Gasteiger partial charge in [-0.3, -0.25) is 4.79 Å². The van der Waals surface area contributed by atoms with Crippen LogP contribution in [0.2, 0.25) is 0 Å². The lowest BCUT2D eigenvalue weighted by Gasteiger charge is -2.36. The molecule has 3 rings (SSSR count). The maximum atomic E-state index is 12.3. The normalized spacial score (nSPS) is 22.3. The summed E-state index contributed by atoms with van der Waals surface area (Å²) in [5.41, 5.74) is 2.16. The molecule has 0 aromatic heterocycles. The molecule has 1 aromatic rings. The first-order valence-corrected chi connectivity index (χ1v) is 7.99. The highest BCUT2D eigenvalue weighted by molar-refractivity contribution is 9.10. The summed E-state index contributed by atoms with van der Waals surface area (Å²) < 4.78 is 1.02. The standard InChI is InChI=1S/C15H20BrN3O/c1-18-10-15(20)19(8-6-12-3-2-7-17-12)14-9-11(16)4-5-13(14)18/h4-5,9,12,17H,2-3,6-8,10H2,1H3. The van der Waals surface area contributed by atoms with Crippen LogP contribution < -0.4 is 15.1 Å². The van der Waals surface area contributed by atoms with E-state index in [-0.39, 0.29) is 5.91 Å². The van der Waals surface area contributed by atoms with E-state index in [2.05, 4.69) is 27.3 Å². The van der Waals surface area contributed by atoms with Crippen LogP contribution in [0.25, 0.3) is 0 Å². The van der Waals surface area contributed by atoms with E-state index < -0.39 is 0 Å². The number of hydrogen-bond acceptors (Lipinski definition) is 3. The number of amides is 1. The Morgan fingerprint density at radius 2 is 2.25 bits per heavy atom. The van der Waals surface area contributed by atoms with E-state index in [9.17, 15) is 4.79 Å². The Morgan fingerprint density at radius 1 is 1.40 bits per heavy atom. The van der Waals surface area contributed by atoms with Crippen molar-refractivity contribution in [2.75, 3.05) is 36.5 Å². The summed E-state index contributed by atoms with van der Waals surface area (Å²) in [6.45, 7) is 2.38. The van der Waals surface area contributed by atoms with E-state index in [4.69, 9.17) is 0 Å². The number of carbonyl (C=O) groups is 1. The maximum absolute atomic E-state index is 12.3. The Hall–Kier alpha value is -1.07. The lowest BCUT2D eigenvalue weighted by atomic mass is 10.1. The molecule has 0 saturated carbocycles. The number of benzene rings is 1. The lowest BCUT2D eigenvalue weighted by Crippen LogP contribution is -2.45. The van der Waals surface area contributed by atoms with Crippen LogP contribution in [0.5, 0.6) is 0 Å². The van der Waals surface area contributed by atoms with Crippen molar-refractivity contribution < 1.29 is 4.79 Å². The average Bonchev–Trinajstić information content (AvgIpc) is 2.91. The minimum atomic E-state index is 0.191. The van der Waals surface area contributed by atoms with Gasteiger partial charge in [0.25, 0.3) is 0 Å². The molecule has 1 saturated heterocycles. The summed E-state index contributed by atoms with van der Waals surface area (Å²) in [5, 5.41) is 3.50. The van der Waals surface area contributed by atoms with Crippen LogP contribution in [-0.4, -0.2) is 38.6 Å². The molecule has 0 radical (unpaired) electrons. The van der Waals surface area contributed by atoms with Crippen LogP contribution >= 0.6 is 15.9 Å². The van der Waals surface area contributed by atoms with E-state index in [0.29, 0.717) is 12.6 Å². The van der Waals surface area contributed by atoms with E-state index in [1.165, 1.54) is 12.8 Å². The van der Waals surface area contributed by atoms with Crippen molar-refractivity contribution in [1.82, 2.24) is 5.32 Å². The smallest absolute Gasteiger partial charge is 0.246 e. The first-order chi connectivity index (χ1) is 9.65. The fourth-order valence-electron chi connectivity index (χ4n) is 3.08. The summed E-state index contributed by atoms with van der Waals surface area (Å²) in [4.78, 5) is 16.3. The van der Waals surface area contributed by atoms with Gasteiger partial charge in [0.05, 0.1) is 17.9 Å². The molecule has 0 aliphatic carbocycles. The number of rotatable bonds is 3. The Kier molecular flexibility index (Phi) is 3.98. The van der Waals surface area contributed by atoms with Gasteiger partial charge < -0.3 is 15.1 Å². The highest BCUT2D eigenvalue weighted by atomic mass is 79.9. The van der Waals surface area contributed by atoms with Crippen molar-refractivity contribution in [3.63, 3.8) is 0 Å². The van der Waals surface area contributed by atoms with Crippen LogP contribution in [0.3, 0.4) is 0 Å². The molecule has 20 heavy (non-hydrogen) atoms. The molecule has 1 fully saturated rings. The van der Waals surface area contributed by atoms with Crippen LogP contribution in [0, 0.1) is 0 Å². The second kappa shape index (κ2) is 5.74. The van der Waals surface area contributed by atoms with Gasteiger partial charge in [-0.1, -0.05) is 15.9 Å². The number of likely N-dealkylation sites (N-methyl/N-ethyl adjacent to an activating group) is 1. The Balaban J connectivity index is 1.80. The van der Waals surface area contributed by atoms with Gasteiger partial charge in [0.1, 0.15) is 0 Å². The third-order valence-corrected chi connectivity index (χ3v) is 4.67. The van der Waals surface area contributed by atoms with E-state index in [0.717, 1.165) is 35.4 Å². The highest BCUT2D eigenvalue weighted by Gasteiger charge is 2.28. The third-order valence-electron chi connectivity index (χ3n) is 4.18. The van der Waals surface area contributed by atoms with Crippen molar-refractivity contribution in [2.24, 2.45) is 0 Å². The van der Waals surface area contributed by atoms with Crippen molar-refractivity contribution in [2.45, 2.75) is 25.3 Å². The molecule has 0 bridgehead atoms. The predicted molar refractivity (Wildman–Crippen MR) is 85.4 cm³/mol. The van der Waals surface area contributed by atoms with E-state index in [1.54, 1.807) is 0 Å². The molecular weight excluding hydrogens is 318 g/mol. The topological polar surface area (TPSA) is 35.6 Å². The number of anilines is 2. The van der Waals surface area contributed by atoms with Crippen LogP contribution in [0.4, 0.5) is 11.4 Å². The summed E-state index contributed by atoms with van der Waals surface area (Å²) in [5.74, 6) is 0.191. The Bertz CT molecular complexity index is 514. The van der Waals surface area contributed by atoms with E-state index >= 15 is 0 Å². The van der Waals surface area contributed by atoms with Crippen molar-refractivity contribution in [3.8, 4) is 0 Å². The number of fused-ring (bicyclic) bond motifs is 1. The summed E-state index contributed by atoms with van der Waals surface area (Å²) in [6.07, 6.45) is 3.51. The highest BCUT2D eigenvalue weighted by Crippen LogP contribution is 2.35. The number of hydrogen-bond donors (Lipinski definition) is 1. The quantitative estimate of drug-likeness (QED) is 0.919. The predicted octanol–water partition coefficient (Wildman–Crippen LogP) is 2.37. The van der Waals surface area contributed by atoms with Gasteiger partial charge in [-0.05, 0) is 44.0 Å². The molecule has 1 unspecified atom stereocenters. The zero-order chi connectivity index (χ0) is 14.1. The second-order valence-electron chi connectivity index (χ2n) is 5.62. The Labute approximate surface area is 128 Å². The number of halogens is 1. The zero-order valence-electron chi connectivity index (χ0n) is 11.7. The molecule has 0 spiro atoms. The lowest BCUT2D eigenvalue weighted by molar-refractivity contribution is -0.117. The monoisotopic (exact) mass is 337 g/mol. The minimum Gasteiger partial charge on any atom is -0.364 e. The van der Waals surface area contributed by atoms with Gasteiger partial charge in [-0.25, -0.2) is 0 Å². The van der Waals surface area contributed by atoms with Gasteiger partial charge in [0.2, 0.25) is 5.91 Å². The first-order valence-electron chi connectivity index (χ1n) is 7.19. The fraction of sp³-hybridized carbons (Fsp3) is 0.533. The number of nitrogens with one attached hydrogen (secondary N) is 1. The van der Waals surface area contributed by atoms with Crippen molar-refractivity contribution >= 4 is 33.2 Å². The molecule has 5 heteroatoms. The minimum absolute atomic E-state index is 0.191. The molecule has 1 aromatic carbocycles. The van der Waals surface area contributed by atoms with Gasteiger partial charge >= 0.3 is 0 Å². The largest absolute Gasteiger partial charge is 0.364 e. The molecule has 1 amide bonds. The SMILES string of the molecule is CN1CC(=O)N(CCC2CCCN2)c2cc(Br)ccc21. The summed E-state index contributed by atoms with van der Waals surface area (Å²) in [6, 6.07) is 6.72. The van der Waals surface area contributed by atoms with Crippen molar-refractivity contribution in [1.29, 1.82) is 0 Å². The van der Waals surface area contributed by atoms with Gasteiger partial charge in [0, 0.05) is 24.1 Å². The molecule has 2 aliphatic rings. The van der Waals surface area contributed by atoms with Crippen LogP contribution in [0.1, 0.15) is 19.3 Å². The van der Waals surface area contributed by atoms with Gasteiger partial charge in [-0.2, -0.15) is 0 Å². The van der Waals surface area contributed by atoms with Gasteiger partial charge in [0.15, 0.2) is 0 Å².